The number of hydrogen-bond acceptors (Lipinski definition) is 4. The molecule has 82 valence electrons. The van der Waals surface area contributed by atoms with Gasteiger partial charge in [-0.2, -0.15) is 0 Å². The van der Waals surface area contributed by atoms with Crippen LogP contribution < -0.4 is 17.0 Å². The molecule has 4 nitrogen and oxygen atoms in total. The number of nitrogens with one attached hydrogen (secondary N) is 1. The quantitative estimate of drug-likeness (QED) is 0.258. The van der Waals surface area contributed by atoms with Crippen LogP contribution in [0, 0.1) is 0 Å². The van der Waals surface area contributed by atoms with E-state index in [4.69, 9.17) is 11.6 Å². The molecule has 0 saturated carbocycles. The molecule has 0 aliphatic carbocycles. The number of carbonyl (C=O) groups excluding carboxylic acids is 1. The molecule has 0 heterocycles. The summed E-state index contributed by atoms with van der Waals surface area (Å²) in [5.74, 6) is 5.45. The minimum absolute atomic E-state index is 0.168. The van der Waals surface area contributed by atoms with Gasteiger partial charge in [-0.1, -0.05) is 15.9 Å². The SMILES string of the molecule is NNC(=O)CCSc1ccc(Br)cc1N. The van der Waals surface area contributed by atoms with Gasteiger partial charge in [-0.3, -0.25) is 10.2 Å². The summed E-state index contributed by atoms with van der Waals surface area (Å²) in [6.07, 6.45) is 0.386. The van der Waals surface area contributed by atoms with Crippen molar-refractivity contribution in [2.24, 2.45) is 5.84 Å². The molecule has 0 aliphatic rings. The van der Waals surface area contributed by atoms with E-state index in [1.54, 1.807) is 0 Å². The van der Waals surface area contributed by atoms with E-state index in [0.717, 1.165) is 9.37 Å². The predicted molar refractivity (Wildman–Crippen MR) is 66.2 cm³/mol. The number of anilines is 1. The van der Waals surface area contributed by atoms with E-state index in [1.807, 2.05) is 18.2 Å². The van der Waals surface area contributed by atoms with Crippen molar-refractivity contribution in [1.82, 2.24) is 5.43 Å². The van der Waals surface area contributed by atoms with Gasteiger partial charge in [0.25, 0.3) is 0 Å². The molecule has 1 aromatic carbocycles. The van der Waals surface area contributed by atoms with Crippen LogP contribution in [-0.2, 0) is 4.79 Å². The molecule has 0 unspecified atom stereocenters. The Kier molecular flexibility index (Phi) is 4.93. The van der Waals surface area contributed by atoms with Crippen LogP contribution >= 0.6 is 27.7 Å². The number of nitrogens with two attached hydrogens (primary N) is 2. The Morgan fingerprint density at radius 2 is 2.27 bits per heavy atom. The number of hydrazine groups is 1. The summed E-state index contributed by atoms with van der Waals surface area (Å²) in [5, 5.41) is 0. The van der Waals surface area contributed by atoms with Crippen molar-refractivity contribution in [1.29, 1.82) is 0 Å². The van der Waals surface area contributed by atoms with E-state index in [0.29, 0.717) is 17.9 Å². The van der Waals surface area contributed by atoms with Gasteiger partial charge in [-0.05, 0) is 18.2 Å². The summed E-state index contributed by atoms with van der Waals surface area (Å²) >= 11 is 4.87. The number of benzene rings is 1. The minimum atomic E-state index is -0.168. The maximum atomic E-state index is 10.9. The fourth-order valence-electron chi connectivity index (χ4n) is 0.977. The van der Waals surface area contributed by atoms with Gasteiger partial charge in [-0.15, -0.1) is 11.8 Å². The van der Waals surface area contributed by atoms with Gasteiger partial charge in [0.2, 0.25) is 5.91 Å². The monoisotopic (exact) mass is 289 g/mol. The van der Waals surface area contributed by atoms with Crippen LogP contribution in [0.1, 0.15) is 6.42 Å². The number of carbonyl (C=O) groups is 1. The largest absolute Gasteiger partial charge is 0.398 e. The van der Waals surface area contributed by atoms with Crippen molar-refractivity contribution in [3.8, 4) is 0 Å². The van der Waals surface area contributed by atoms with Crippen molar-refractivity contribution in [2.45, 2.75) is 11.3 Å². The maximum absolute atomic E-state index is 10.9. The van der Waals surface area contributed by atoms with Crippen molar-refractivity contribution in [3.63, 3.8) is 0 Å². The molecule has 0 atom stereocenters. The summed E-state index contributed by atoms with van der Waals surface area (Å²) in [5.41, 5.74) is 8.59. The number of rotatable bonds is 4. The number of thioether (sulfide) groups is 1. The van der Waals surface area contributed by atoms with E-state index in [1.165, 1.54) is 11.8 Å². The lowest BCUT2D eigenvalue weighted by molar-refractivity contribution is -0.120. The van der Waals surface area contributed by atoms with Crippen molar-refractivity contribution >= 4 is 39.3 Å². The zero-order valence-corrected chi connectivity index (χ0v) is 10.4. The number of hydrogen-bond donors (Lipinski definition) is 3. The summed E-state index contributed by atoms with van der Waals surface area (Å²) in [6, 6.07) is 5.68. The van der Waals surface area contributed by atoms with Crippen LogP contribution in [0.4, 0.5) is 5.69 Å². The van der Waals surface area contributed by atoms with Gasteiger partial charge in [0.05, 0.1) is 0 Å². The maximum Gasteiger partial charge on any atom is 0.234 e. The Morgan fingerprint density at radius 3 is 2.87 bits per heavy atom. The Hall–Kier alpha value is -0.720. The molecule has 0 saturated heterocycles. The van der Waals surface area contributed by atoms with Gasteiger partial charge in [-0.25, -0.2) is 5.84 Å². The Morgan fingerprint density at radius 1 is 1.53 bits per heavy atom. The Balaban J connectivity index is 2.47. The third-order valence-electron chi connectivity index (χ3n) is 1.72. The van der Waals surface area contributed by atoms with Crippen LogP contribution in [-0.4, -0.2) is 11.7 Å². The lowest BCUT2D eigenvalue weighted by atomic mass is 10.3. The number of halogens is 1. The third-order valence-corrected chi connectivity index (χ3v) is 3.30. The summed E-state index contributed by atoms with van der Waals surface area (Å²) < 4.78 is 0.948. The molecule has 15 heavy (non-hydrogen) atoms. The molecule has 1 rings (SSSR count). The minimum Gasteiger partial charge on any atom is -0.398 e. The highest BCUT2D eigenvalue weighted by atomic mass is 79.9. The van der Waals surface area contributed by atoms with E-state index in [9.17, 15) is 4.79 Å². The molecule has 6 heteroatoms. The number of nitrogen functional groups attached to an aromatic ring is 1. The van der Waals surface area contributed by atoms with Gasteiger partial charge < -0.3 is 5.73 Å². The van der Waals surface area contributed by atoms with Crippen LogP contribution in [0.2, 0.25) is 0 Å². The van der Waals surface area contributed by atoms with Crippen molar-refractivity contribution < 1.29 is 4.79 Å². The first-order valence-electron chi connectivity index (χ1n) is 4.30. The molecule has 1 amide bonds. The second-order valence-electron chi connectivity index (χ2n) is 2.85. The molecule has 5 N–H and O–H groups in total. The molecule has 1 aromatic rings. The van der Waals surface area contributed by atoms with Crippen LogP contribution in [0.3, 0.4) is 0 Å². The van der Waals surface area contributed by atoms with Gasteiger partial charge in [0.15, 0.2) is 0 Å². The molecular weight excluding hydrogens is 278 g/mol. The standard InChI is InChI=1S/C9H12BrN3OS/c10-6-1-2-8(7(11)5-6)15-4-3-9(14)13-12/h1-2,5H,3-4,11-12H2,(H,13,14). The van der Waals surface area contributed by atoms with Crippen LogP contribution in [0.15, 0.2) is 27.6 Å². The van der Waals surface area contributed by atoms with Crippen molar-refractivity contribution in [2.75, 3.05) is 11.5 Å². The Labute approximate surface area is 101 Å². The normalized spacial score (nSPS) is 10.0. The highest BCUT2D eigenvalue weighted by molar-refractivity contribution is 9.10. The first kappa shape index (κ1) is 12.4. The van der Waals surface area contributed by atoms with Crippen LogP contribution in [0.5, 0.6) is 0 Å². The zero-order valence-electron chi connectivity index (χ0n) is 8.00. The zero-order chi connectivity index (χ0) is 11.3. The van der Waals surface area contributed by atoms with E-state index in [-0.39, 0.29) is 5.91 Å². The smallest absolute Gasteiger partial charge is 0.234 e. The molecule has 0 radical (unpaired) electrons. The summed E-state index contributed by atoms with van der Waals surface area (Å²) in [6.45, 7) is 0. The molecule has 0 spiro atoms. The van der Waals surface area contributed by atoms with Gasteiger partial charge >= 0.3 is 0 Å². The van der Waals surface area contributed by atoms with Crippen molar-refractivity contribution in [3.05, 3.63) is 22.7 Å². The predicted octanol–water partition coefficient (Wildman–Crippen LogP) is 1.50. The third kappa shape index (κ3) is 4.11. The molecule has 0 aromatic heterocycles. The second-order valence-corrected chi connectivity index (χ2v) is 4.90. The fraction of sp³-hybridized carbons (Fsp3) is 0.222. The van der Waals surface area contributed by atoms with E-state index in [2.05, 4.69) is 21.4 Å². The second kappa shape index (κ2) is 5.99. The van der Waals surface area contributed by atoms with E-state index < -0.39 is 0 Å². The van der Waals surface area contributed by atoms with Crippen LogP contribution in [0.25, 0.3) is 0 Å². The molecular formula is C9H12BrN3OS. The Bertz CT molecular complexity index is 359. The first-order valence-corrected chi connectivity index (χ1v) is 6.08. The number of amides is 1. The summed E-state index contributed by atoms with van der Waals surface area (Å²) in [4.78, 5) is 11.8. The van der Waals surface area contributed by atoms with E-state index >= 15 is 0 Å². The highest BCUT2D eigenvalue weighted by Crippen LogP contribution is 2.28. The molecule has 0 bridgehead atoms. The van der Waals surface area contributed by atoms with Gasteiger partial charge in [0, 0.05) is 27.2 Å². The van der Waals surface area contributed by atoms with Gasteiger partial charge in [0.1, 0.15) is 0 Å². The lowest BCUT2D eigenvalue weighted by Crippen LogP contribution is -2.30. The summed E-state index contributed by atoms with van der Waals surface area (Å²) in [7, 11) is 0. The topological polar surface area (TPSA) is 81.1 Å². The average molecular weight is 290 g/mol. The fourth-order valence-corrected chi connectivity index (χ4v) is 2.25. The first-order chi connectivity index (χ1) is 7.13. The lowest BCUT2D eigenvalue weighted by Gasteiger charge is -2.05. The highest BCUT2D eigenvalue weighted by Gasteiger charge is 2.02. The average Bonchev–Trinajstić information content (AvgIpc) is 2.21. The molecule has 0 aliphatic heterocycles. The molecule has 0 fully saturated rings.